The van der Waals surface area contributed by atoms with E-state index >= 15 is 0 Å². The summed E-state index contributed by atoms with van der Waals surface area (Å²) in [5, 5.41) is 14.5. The summed E-state index contributed by atoms with van der Waals surface area (Å²) in [7, 11) is 1.63. The third-order valence-electron chi connectivity index (χ3n) is 5.34. The Morgan fingerprint density at radius 1 is 1.06 bits per heavy atom. The van der Waals surface area contributed by atoms with Crippen LogP contribution in [0.25, 0.3) is 28.0 Å². The minimum atomic E-state index is -0.236. The third kappa shape index (κ3) is 4.95. The molecule has 0 aliphatic carbocycles. The molecule has 0 saturated heterocycles. The van der Waals surface area contributed by atoms with Gasteiger partial charge >= 0.3 is 0 Å². The van der Waals surface area contributed by atoms with Crippen LogP contribution >= 0.6 is 11.8 Å². The number of H-pyrrole nitrogens is 1. The van der Waals surface area contributed by atoms with Crippen molar-refractivity contribution < 1.29 is 9.53 Å². The molecule has 0 radical (unpaired) electrons. The number of rotatable bonds is 8. The monoisotopic (exact) mass is 482 g/mol. The molecule has 3 aromatic carbocycles. The molecule has 5 rings (SSSR count). The van der Waals surface area contributed by atoms with Gasteiger partial charge in [0.05, 0.1) is 19.1 Å². The summed E-state index contributed by atoms with van der Waals surface area (Å²) in [5.41, 5.74) is 6.31. The lowest BCUT2D eigenvalue weighted by atomic mass is 10.2. The van der Waals surface area contributed by atoms with Crippen LogP contribution in [0.4, 0.5) is 0 Å². The third-order valence-corrected chi connectivity index (χ3v) is 6.27. The fourth-order valence-electron chi connectivity index (χ4n) is 3.64. The van der Waals surface area contributed by atoms with Gasteiger partial charge in [0.25, 0.3) is 5.91 Å². The van der Waals surface area contributed by atoms with E-state index in [4.69, 9.17) is 4.74 Å². The van der Waals surface area contributed by atoms with Crippen molar-refractivity contribution in [3.63, 3.8) is 0 Å². The number of fused-ring (bicyclic) bond motifs is 1. The van der Waals surface area contributed by atoms with Gasteiger partial charge in [0.15, 0.2) is 11.0 Å². The Balaban J connectivity index is 1.31. The van der Waals surface area contributed by atoms with Crippen LogP contribution in [-0.2, 0) is 4.79 Å². The molecule has 0 aliphatic rings. The molecule has 0 fully saturated rings. The number of hydrogen-bond donors (Lipinski definition) is 2. The van der Waals surface area contributed by atoms with Crippen molar-refractivity contribution in [1.82, 2.24) is 25.2 Å². The minimum absolute atomic E-state index is 0.138. The molecule has 2 aromatic heterocycles. The second-order valence-corrected chi connectivity index (χ2v) is 8.52. The average molecular weight is 483 g/mol. The zero-order chi connectivity index (χ0) is 24.0. The standard InChI is InChI=1S/C26H22N6O2S/c1-34-21-13-11-18(12-14-21)25-30-31-26(32(25)20-7-3-2-4-8-20)35-17-24(33)29-28-16-19-15-27-23-10-6-5-9-22(19)23/h2-16,27H,17H2,1H3,(H,29,33)/b28-16+. The first-order valence-electron chi connectivity index (χ1n) is 10.9. The van der Waals surface area contributed by atoms with E-state index in [0.717, 1.165) is 33.5 Å². The number of para-hydroxylation sites is 2. The number of methoxy groups -OCH3 is 1. The molecule has 5 aromatic rings. The van der Waals surface area contributed by atoms with Gasteiger partial charge < -0.3 is 9.72 Å². The summed E-state index contributed by atoms with van der Waals surface area (Å²) in [4.78, 5) is 15.7. The Hall–Kier alpha value is -4.37. The van der Waals surface area contributed by atoms with Gasteiger partial charge in [0.1, 0.15) is 5.75 Å². The summed E-state index contributed by atoms with van der Waals surface area (Å²) in [6.07, 6.45) is 3.49. The Kier molecular flexibility index (Phi) is 6.58. The van der Waals surface area contributed by atoms with Crippen LogP contribution in [0.15, 0.2) is 95.3 Å². The van der Waals surface area contributed by atoms with Crippen molar-refractivity contribution >= 4 is 34.8 Å². The zero-order valence-electron chi connectivity index (χ0n) is 18.9. The number of amides is 1. The van der Waals surface area contributed by atoms with E-state index in [9.17, 15) is 4.79 Å². The second kappa shape index (κ2) is 10.3. The van der Waals surface area contributed by atoms with Crippen LogP contribution in [-0.4, -0.2) is 44.7 Å². The van der Waals surface area contributed by atoms with E-state index in [0.29, 0.717) is 11.0 Å². The molecule has 8 nitrogen and oxygen atoms in total. The number of nitrogens with one attached hydrogen (secondary N) is 2. The molecule has 9 heteroatoms. The van der Waals surface area contributed by atoms with Gasteiger partial charge in [-0.15, -0.1) is 10.2 Å². The number of aromatic amines is 1. The maximum Gasteiger partial charge on any atom is 0.250 e. The summed E-state index contributed by atoms with van der Waals surface area (Å²) < 4.78 is 7.20. The van der Waals surface area contributed by atoms with Crippen LogP contribution in [0.2, 0.25) is 0 Å². The van der Waals surface area contributed by atoms with Gasteiger partial charge in [-0.2, -0.15) is 5.10 Å². The first-order valence-corrected chi connectivity index (χ1v) is 11.9. The maximum absolute atomic E-state index is 12.5. The van der Waals surface area contributed by atoms with Crippen molar-refractivity contribution in [3.05, 3.63) is 90.6 Å². The number of hydrogen-bond acceptors (Lipinski definition) is 6. The lowest BCUT2D eigenvalue weighted by Crippen LogP contribution is -2.20. The highest BCUT2D eigenvalue weighted by molar-refractivity contribution is 7.99. The average Bonchev–Trinajstić information content (AvgIpc) is 3.52. The largest absolute Gasteiger partial charge is 0.497 e. The highest BCUT2D eigenvalue weighted by Gasteiger charge is 2.17. The molecule has 0 unspecified atom stereocenters. The summed E-state index contributed by atoms with van der Waals surface area (Å²) in [6, 6.07) is 25.4. The lowest BCUT2D eigenvalue weighted by Gasteiger charge is -2.10. The van der Waals surface area contributed by atoms with E-state index in [1.54, 1.807) is 13.3 Å². The van der Waals surface area contributed by atoms with Gasteiger partial charge in [0, 0.05) is 33.9 Å². The summed E-state index contributed by atoms with van der Waals surface area (Å²) in [6.45, 7) is 0. The molecule has 2 heterocycles. The Morgan fingerprint density at radius 3 is 2.63 bits per heavy atom. The normalized spacial score (nSPS) is 11.2. The molecular weight excluding hydrogens is 460 g/mol. The fraction of sp³-hybridized carbons (Fsp3) is 0.0769. The van der Waals surface area contributed by atoms with Crippen LogP contribution < -0.4 is 10.2 Å². The number of nitrogens with zero attached hydrogens (tertiary/aromatic N) is 4. The Labute approximate surface area is 206 Å². The number of thioether (sulfide) groups is 1. The van der Waals surface area contributed by atoms with Crippen LogP contribution in [0.1, 0.15) is 5.56 Å². The molecule has 2 N–H and O–H groups in total. The van der Waals surface area contributed by atoms with Gasteiger partial charge in [-0.05, 0) is 42.5 Å². The molecule has 0 bridgehead atoms. The van der Waals surface area contributed by atoms with Crippen LogP contribution in [0, 0.1) is 0 Å². The second-order valence-electron chi connectivity index (χ2n) is 7.58. The maximum atomic E-state index is 12.5. The van der Waals surface area contributed by atoms with Crippen LogP contribution in [0.5, 0.6) is 5.75 Å². The topological polar surface area (TPSA) is 97.2 Å². The highest BCUT2D eigenvalue weighted by atomic mass is 32.2. The van der Waals surface area contributed by atoms with Gasteiger partial charge in [-0.3, -0.25) is 9.36 Å². The number of ether oxygens (including phenoxy) is 1. The molecule has 0 spiro atoms. The SMILES string of the molecule is COc1ccc(-c2nnc(SCC(=O)N/N=C/c3c[nH]c4ccccc34)n2-c2ccccc2)cc1. The van der Waals surface area contributed by atoms with Crippen LogP contribution in [0.3, 0.4) is 0 Å². The summed E-state index contributed by atoms with van der Waals surface area (Å²) in [5.74, 6) is 1.34. The first kappa shape index (κ1) is 22.4. The molecule has 0 atom stereocenters. The quantitative estimate of drug-likeness (QED) is 0.190. The van der Waals surface area contributed by atoms with Crippen molar-refractivity contribution in [1.29, 1.82) is 0 Å². The predicted molar refractivity (Wildman–Crippen MR) is 138 cm³/mol. The van der Waals surface area contributed by atoms with Crippen molar-refractivity contribution in [3.8, 4) is 22.8 Å². The summed E-state index contributed by atoms with van der Waals surface area (Å²) >= 11 is 1.30. The van der Waals surface area contributed by atoms with Crippen molar-refractivity contribution in [2.24, 2.45) is 5.10 Å². The minimum Gasteiger partial charge on any atom is -0.497 e. The zero-order valence-corrected chi connectivity index (χ0v) is 19.7. The van der Waals surface area contributed by atoms with Crippen molar-refractivity contribution in [2.75, 3.05) is 12.9 Å². The smallest absolute Gasteiger partial charge is 0.250 e. The molecular formula is C26H22N6O2S. The molecule has 35 heavy (non-hydrogen) atoms. The van der Waals surface area contributed by atoms with E-state index in [1.165, 1.54) is 11.8 Å². The number of hydrazone groups is 1. The number of benzene rings is 3. The fourth-order valence-corrected chi connectivity index (χ4v) is 4.38. The lowest BCUT2D eigenvalue weighted by molar-refractivity contribution is -0.118. The number of aromatic nitrogens is 4. The predicted octanol–water partition coefficient (Wildman–Crippen LogP) is 4.67. The van der Waals surface area contributed by atoms with Gasteiger partial charge in [0.2, 0.25) is 0 Å². The van der Waals surface area contributed by atoms with Gasteiger partial charge in [-0.25, -0.2) is 5.43 Å². The van der Waals surface area contributed by atoms with E-state index in [2.05, 4.69) is 25.7 Å². The Bertz CT molecular complexity index is 1480. The molecule has 174 valence electrons. The van der Waals surface area contributed by atoms with E-state index in [1.807, 2.05) is 89.6 Å². The first-order chi connectivity index (χ1) is 17.2. The Morgan fingerprint density at radius 2 is 1.83 bits per heavy atom. The van der Waals surface area contributed by atoms with E-state index in [-0.39, 0.29) is 11.7 Å². The van der Waals surface area contributed by atoms with E-state index < -0.39 is 0 Å². The van der Waals surface area contributed by atoms with Crippen molar-refractivity contribution in [2.45, 2.75) is 5.16 Å². The molecule has 0 saturated carbocycles. The molecule has 0 aliphatic heterocycles. The molecule has 1 amide bonds. The van der Waals surface area contributed by atoms with Gasteiger partial charge in [-0.1, -0.05) is 48.2 Å². The number of carbonyl (C=O) groups is 1. The number of carbonyl (C=O) groups excluding carboxylic acids is 1. The highest BCUT2D eigenvalue weighted by Crippen LogP contribution is 2.29.